The molecule has 1 aromatic rings. The van der Waals surface area contributed by atoms with Crippen LogP contribution in [-0.4, -0.2) is 57.7 Å². The molecule has 1 fully saturated rings. The molecule has 2 aliphatic rings. The Kier molecular flexibility index (Phi) is 3.61. The van der Waals surface area contributed by atoms with Crippen molar-refractivity contribution in [3.05, 3.63) is 29.3 Å². The van der Waals surface area contributed by atoms with Crippen LogP contribution in [0.25, 0.3) is 0 Å². The molecule has 0 saturated carbocycles. The van der Waals surface area contributed by atoms with Crippen LogP contribution in [0.15, 0.2) is 18.2 Å². The van der Waals surface area contributed by atoms with Crippen LogP contribution in [0.5, 0.6) is 0 Å². The Balaban J connectivity index is 1.96. The number of hydrogen-bond acceptors (Lipinski definition) is 6. The minimum atomic E-state index is -1.05. The molecule has 8 nitrogen and oxygen atoms in total. The lowest BCUT2D eigenvalue weighted by molar-refractivity contribution is -0.152. The molecule has 8 heteroatoms. The molecule has 3 N–H and O–H groups in total. The Bertz CT molecular complexity index is 730. The maximum atomic E-state index is 12.5. The van der Waals surface area contributed by atoms with Crippen molar-refractivity contribution in [2.45, 2.75) is 18.9 Å². The maximum Gasteiger partial charge on any atom is 0.264 e. The van der Waals surface area contributed by atoms with E-state index >= 15 is 0 Å². The highest BCUT2D eigenvalue weighted by atomic mass is 16.3. The molecule has 0 bridgehead atoms. The number of imide groups is 2. The Labute approximate surface area is 131 Å². The predicted molar refractivity (Wildman–Crippen MR) is 78.2 cm³/mol. The molecule has 0 aromatic heterocycles. The zero-order valence-corrected chi connectivity index (χ0v) is 12.2. The van der Waals surface area contributed by atoms with E-state index < -0.39 is 29.7 Å². The van der Waals surface area contributed by atoms with Crippen molar-refractivity contribution in [2.24, 2.45) is 0 Å². The van der Waals surface area contributed by atoms with Gasteiger partial charge in [-0.15, -0.1) is 0 Å². The lowest BCUT2D eigenvalue weighted by Crippen LogP contribution is -2.56. The van der Waals surface area contributed by atoms with E-state index in [1.54, 1.807) is 6.07 Å². The number of aliphatic hydroxyl groups excluding tert-OH is 1. The van der Waals surface area contributed by atoms with Crippen LogP contribution in [0.3, 0.4) is 0 Å². The second-order valence-corrected chi connectivity index (χ2v) is 5.41. The number of nitrogens with zero attached hydrogens (tertiary/aromatic N) is 2. The Morgan fingerprint density at radius 3 is 2.57 bits per heavy atom. The number of aliphatic hydroxyl groups is 1. The summed E-state index contributed by atoms with van der Waals surface area (Å²) in [5.74, 6) is -2.28. The number of carbonyl (C=O) groups excluding carboxylic acids is 4. The van der Waals surface area contributed by atoms with Crippen molar-refractivity contribution >= 4 is 29.3 Å². The number of rotatable bonds is 3. The molecule has 23 heavy (non-hydrogen) atoms. The minimum absolute atomic E-state index is 0.0271. The van der Waals surface area contributed by atoms with Gasteiger partial charge in [0.05, 0.1) is 24.3 Å². The second-order valence-electron chi connectivity index (χ2n) is 5.41. The summed E-state index contributed by atoms with van der Waals surface area (Å²) in [6.45, 7) is -0.529. The number of β-amino-alcohol motifs (C(OH)–C–C–N with tert-alkyl or cyclic N) is 1. The van der Waals surface area contributed by atoms with Gasteiger partial charge in [-0.05, 0) is 18.6 Å². The highest BCUT2D eigenvalue weighted by Crippen LogP contribution is 2.31. The summed E-state index contributed by atoms with van der Waals surface area (Å²) >= 11 is 0. The Morgan fingerprint density at radius 1 is 1.17 bits per heavy atom. The van der Waals surface area contributed by atoms with Crippen LogP contribution in [0.2, 0.25) is 0 Å². The van der Waals surface area contributed by atoms with E-state index in [1.807, 2.05) is 0 Å². The molecule has 0 spiro atoms. The summed E-state index contributed by atoms with van der Waals surface area (Å²) in [6.07, 6.45) is 0.101. The number of likely N-dealkylation sites (tertiary alicyclic amines) is 1. The summed E-state index contributed by atoms with van der Waals surface area (Å²) in [5, 5.41) is 8.98. The number of carbonyl (C=O) groups is 4. The van der Waals surface area contributed by atoms with Gasteiger partial charge in [0.15, 0.2) is 0 Å². The monoisotopic (exact) mass is 317 g/mol. The molecule has 0 radical (unpaired) electrons. The average molecular weight is 317 g/mol. The molecule has 0 unspecified atom stereocenters. The molecule has 1 aromatic carbocycles. The van der Waals surface area contributed by atoms with Gasteiger partial charge in [-0.3, -0.25) is 29.0 Å². The fourth-order valence-electron chi connectivity index (χ4n) is 3.01. The van der Waals surface area contributed by atoms with Crippen LogP contribution in [0.4, 0.5) is 5.69 Å². The third-order valence-electron chi connectivity index (χ3n) is 4.10. The predicted octanol–water partition coefficient (Wildman–Crippen LogP) is -0.625. The average Bonchev–Trinajstić information content (AvgIpc) is 2.77. The number of anilines is 1. The SMILES string of the molecule is Nc1cccc2c1C(=O)N([C@H]1CCC(=O)N(CCO)C1=O)C2=O. The Morgan fingerprint density at radius 2 is 1.91 bits per heavy atom. The van der Waals surface area contributed by atoms with Crippen molar-refractivity contribution in [3.63, 3.8) is 0 Å². The van der Waals surface area contributed by atoms with Crippen molar-refractivity contribution in [1.29, 1.82) is 0 Å². The van der Waals surface area contributed by atoms with Crippen LogP contribution in [0.1, 0.15) is 33.6 Å². The van der Waals surface area contributed by atoms with E-state index in [0.717, 1.165) is 9.80 Å². The third-order valence-corrected chi connectivity index (χ3v) is 4.10. The molecule has 2 heterocycles. The van der Waals surface area contributed by atoms with Gasteiger partial charge in [0.2, 0.25) is 5.91 Å². The van der Waals surface area contributed by atoms with E-state index in [4.69, 9.17) is 10.8 Å². The summed E-state index contributed by atoms with van der Waals surface area (Å²) < 4.78 is 0. The van der Waals surface area contributed by atoms with Gasteiger partial charge >= 0.3 is 0 Å². The van der Waals surface area contributed by atoms with E-state index in [0.29, 0.717) is 0 Å². The smallest absolute Gasteiger partial charge is 0.264 e. The van der Waals surface area contributed by atoms with Gasteiger partial charge in [-0.1, -0.05) is 6.07 Å². The molecule has 2 aliphatic heterocycles. The summed E-state index contributed by atoms with van der Waals surface area (Å²) in [6, 6.07) is 3.51. The molecule has 0 aliphatic carbocycles. The quantitative estimate of drug-likeness (QED) is 0.566. The largest absolute Gasteiger partial charge is 0.398 e. The van der Waals surface area contributed by atoms with Crippen LogP contribution in [-0.2, 0) is 9.59 Å². The van der Waals surface area contributed by atoms with Crippen LogP contribution < -0.4 is 5.73 Å². The molecule has 3 rings (SSSR count). The molecular formula is C15H15N3O5. The lowest BCUT2D eigenvalue weighted by atomic mass is 10.0. The zero-order chi connectivity index (χ0) is 16.7. The van der Waals surface area contributed by atoms with Crippen molar-refractivity contribution in [2.75, 3.05) is 18.9 Å². The summed E-state index contributed by atoms with van der Waals surface area (Å²) in [7, 11) is 0. The number of nitrogens with two attached hydrogens (primary N) is 1. The van der Waals surface area contributed by atoms with Crippen molar-refractivity contribution in [3.8, 4) is 0 Å². The van der Waals surface area contributed by atoms with Gasteiger partial charge < -0.3 is 10.8 Å². The lowest BCUT2D eigenvalue weighted by Gasteiger charge is -2.34. The molecule has 4 amide bonds. The normalized spacial score (nSPS) is 21.2. The second kappa shape index (κ2) is 5.47. The number of nitrogen functional groups attached to an aromatic ring is 1. The number of amides is 4. The maximum absolute atomic E-state index is 12.5. The highest BCUT2D eigenvalue weighted by Gasteiger charge is 2.47. The van der Waals surface area contributed by atoms with Gasteiger partial charge in [0, 0.05) is 12.1 Å². The first-order valence-corrected chi connectivity index (χ1v) is 7.18. The van der Waals surface area contributed by atoms with E-state index in [-0.39, 0.29) is 42.8 Å². The van der Waals surface area contributed by atoms with E-state index in [2.05, 4.69) is 0 Å². The molecule has 120 valence electrons. The number of piperidine rings is 1. The fourth-order valence-corrected chi connectivity index (χ4v) is 3.01. The first-order chi connectivity index (χ1) is 11.0. The van der Waals surface area contributed by atoms with Gasteiger partial charge in [-0.25, -0.2) is 0 Å². The molecular weight excluding hydrogens is 302 g/mol. The standard InChI is InChI=1S/C15H15N3O5/c16-9-3-1-2-8-12(9)15(23)18(13(8)21)10-4-5-11(20)17(6-7-19)14(10)22/h1-3,10,19H,4-7,16H2/t10-/m0/s1. The van der Waals surface area contributed by atoms with Crippen molar-refractivity contribution in [1.82, 2.24) is 9.80 Å². The first-order valence-electron chi connectivity index (χ1n) is 7.18. The topological polar surface area (TPSA) is 121 Å². The zero-order valence-electron chi connectivity index (χ0n) is 12.2. The molecule has 1 saturated heterocycles. The number of hydrogen-bond donors (Lipinski definition) is 2. The van der Waals surface area contributed by atoms with Gasteiger partial charge in [-0.2, -0.15) is 0 Å². The third kappa shape index (κ3) is 2.18. The van der Waals surface area contributed by atoms with Crippen LogP contribution >= 0.6 is 0 Å². The van der Waals surface area contributed by atoms with E-state index in [9.17, 15) is 19.2 Å². The Hall–Kier alpha value is -2.74. The number of fused-ring (bicyclic) bond motifs is 1. The number of benzene rings is 1. The first kappa shape index (κ1) is 15.2. The molecule has 1 atom stereocenters. The van der Waals surface area contributed by atoms with Crippen molar-refractivity contribution < 1.29 is 24.3 Å². The van der Waals surface area contributed by atoms with Gasteiger partial charge in [0.25, 0.3) is 17.7 Å². The van der Waals surface area contributed by atoms with Gasteiger partial charge in [0.1, 0.15) is 6.04 Å². The summed E-state index contributed by atoms with van der Waals surface area (Å²) in [4.78, 5) is 51.0. The summed E-state index contributed by atoms with van der Waals surface area (Å²) in [5.41, 5.74) is 6.20. The van der Waals surface area contributed by atoms with Crippen LogP contribution in [0, 0.1) is 0 Å². The highest BCUT2D eigenvalue weighted by molar-refractivity contribution is 6.25. The van der Waals surface area contributed by atoms with E-state index in [1.165, 1.54) is 12.1 Å². The minimum Gasteiger partial charge on any atom is -0.398 e. The fraction of sp³-hybridized carbons (Fsp3) is 0.333.